The maximum absolute atomic E-state index is 16.3. The minimum Gasteiger partial charge on any atom is -0.309 e. The molecule has 0 aliphatic carbocycles. The van der Waals surface area contributed by atoms with E-state index in [4.69, 9.17) is 0 Å². The van der Waals surface area contributed by atoms with Gasteiger partial charge < -0.3 is 18.3 Å². The molecule has 0 aliphatic rings. The van der Waals surface area contributed by atoms with Crippen LogP contribution in [0.2, 0.25) is 0 Å². The third kappa shape index (κ3) is 5.28. The number of hydrogen-bond acceptors (Lipinski definition) is 1. The highest BCUT2D eigenvalue weighted by Crippen LogP contribution is 2.43. The minimum absolute atomic E-state index is 0.169. The van der Waals surface area contributed by atoms with Crippen LogP contribution in [0, 0.1) is 23.0 Å². The number of aromatic nitrogens is 4. The molecule has 0 fully saturated rings. The molecule has 318 valence electrons. The van der Waals surface area contributed by atoms with Crippen LogP contribution < -0.4 is 0 Å². The van der Waals surface area contributed by atoms with Crippen molar-refractivity contribution in [2.24, 2.45) is 0 Å². The number of benzene rings is 10. The minimum atomic E-state index is -0.696. The van der Waals surface area contributed by atoms with Gasteiger partial charge in [-0.25, -0.2) is 8.78 Å². The van der Waals surface area contributed by atoms with Crippen LogP contribution in [0.4, 0.5) is 8.78 Å². The monoisotopic (exact) mass is 875 g/mol. The molecular formula is C61H35F2N5. The number of fused-ring (bicyclic) bond motifs is 12. The van der Waals surface area contributed by atoms with Gasteiger partial charge in [0.15, 0.2) is 0 Å². The lowest BCUT2D eigenvalue weighted by atomic mass is 9.99. The lowest BCUT2D eigenvalue weighted by Crippen LogP contribution is -2.06. The van der Waals surface area contributed by atoms with E-state index >= 15 is 8.78 Å². The highest BCUT2D eigenvalue weighted by Gasteiger charge is 2.25. The Morgan fingerprint density at radius 3 is 0.956 bits per heavy atom. The number of rotatable bonds is 5. The van der Waals surface area contributed by atoms with E-state index in [2.05, 4.69) is 170 Å². The normalized spacial score (nSPS) is 12.0. The first kappa shape index (κ1) is 38.1. The Morgan fingerprint density at radius 1 is 0.309 bits per heavy atom. The fourth-order valence-corrected chi connectivity index (χ4v) is 11.1. The summed E-state index contributed by atoms with van der Waals surface area (Å²) in [6, 6.07) is 73.0. The molecule has 14 rings (SSSR count). The number of nitriles is 1. The number of halogens is 2. The summed E-state index contributed by atoms with van der Waals surface area (Å²) in [5.41, 5.74) is 11.0. The van der Waals surface area contributed by atoms with E-state index in [0.29, 0.717) is 22.5 Å². The molecule has 0 aliphatic heterocycles. The van der Waals surface area contributed by atoms with Crippen molar-refractivity contribution in [2.75, 3.05) is 0 Å². The Kier molecular flexibility index (Phi) is 8.05. The van der Waals surface area contributed by atoms with Crippen molar-refractivity contribution in [3.8, 4) is 39.9 Å². The largest absolute Gasteiger partial charge is 0.309 e. The summed E-state index contributed by atoms with van der Waals surface area (Å²) in [5, 5.41) is 20.2. The van der Waals surface area contributed by atoms with Crippen molar-refractivity contribution < 1.29 is 8.78 Å². The molecule has 0 saturated heterocycles. The molecule has 0 amide bonds. The Labute approximate surface area is 387 Å². The summed E-state index contributed by atoms with van der Waals surface area (Å²) in [6.07, 6.45) is 0. The Hall–Kier alpha value is -9.25. The van der Waals surface area contributed by atoms with E-state index in [1.165, 1.54) is 18.2 Å². The zero-order valence-corrected chi connectivity index (χ0v) is 36.2. The van der Waals surface area contributed by atoms with E-state index in [9.17, 15) is 5.26 Å². The first-order valence-corrected chi connectivity index (χ1v) is 22.6. The molecule has 7 heteroatoms. The highest BCUT2D eigenvalue weighted by atomic mass is 19.1. The summed E-state index contributed by atoms with van der Waals surface area (Å²) in [7, 11) is 0. The molecule has 0 atom stereocenters. The maximum atomic E-state index is 16.3. The second-order valence-corrected chi connectivity index (χ2v) is 17.4. The molecule has 0 unspecified atom stereocenters. The van der Waals surface area contributed by atoms with Crippen LogP contribution in [-0.4, -0.2) is 18.3 Å². The molecule has 0 radical (unpaired) electrons. The smallest absolute Gasteiger partial charge is 0.133 e. The highest BCUT2D eigenvalue weighted by molar-refractivity contribution is 6.14. The third-order valence-corrected chi connectivity index (χ3v) is 13.9. The Morgan fingerprint density at radius 2 is 0.618 bits per heavy atom. The Bertz CT molecular complexity index is 4120. The molecule has 0 bridgehead atoms. The summed E-state index contributed by atoms with van der Waals surface area (Å²) < 4.78 is 41.3. The van der Waals surface area contributed by atoms with E-state index < -0.39 is 11.6 Å². The fourth-order valence-electron chi connectivity index (χ4n) is 11.1. The summed E-state index contributed by atoms with van der Waals surface area (Å²) in [4.78, 5) is 0. The second-order valence-electron chi connectivity index (χ2n) is 17.4. The topological polar surface area (TPSA) is 43.5 Å². The van der Waals surface area contributed by atoms with Gasteiger partial charge in [0.25, 0.3) is 0 Å². The van der Waals surface area contributed by atoms with Crippen LogP contribution in [0.25, 0.3) is 121 Å². The lowest BCUT2D eigenvalue weighted by Gasteiger charge is -2.19. The SMILES string of the molecule is N#Cc1c(-n2c3ccccc3c3ccc(-n4c5ccccc5c5ccccc54)cc32)cc(-c2c(F)cccc2F)cc1-n1c2ccccc2c2ccc(-n3c4ccccc4c4ccccc43)cc21. The van der Waals surface area contributed by atoms with Crippen molar-refractivity contribution >= 4 is 87.2 Å². The molecular weight excluding hydrogens is 841 g/mol. The van der Waals surface area contributed by atoms with Crippen LogP contribution in [0.5, 0.6) is 0 Å². The van der Waals surface area contributed by atoms with Gasteiger partial charge >= 0.3 is 0 Å². The van der Waals surface area contributed by atoms with Crippen LogP contribution in [0.1, 0.15) is 5.56 Å². The lowest BCUT2D eigenvalue weighted by molar-refractivity contribution is 0.589. The van der Waals surface area contributed by atoms with Crippen molar-refractivity contribution in [1.29, 1.82) is 5.26 Å². The number of nitrogens with zero attached hydrogens (tertiary/aromatic N) is 5. The van der Waals surface area contributed by atoms with Crippen molar-refractivity contribution in [3.63, 3.8) is 0 Å². The average Bonchev–Trinajstić information content (AvgIpc) is 4.10. The predicted octanol–water partition coefficient (Wildman–Crippen LogP) is 15.9. The van der Waals surface area contributed by atoms with Gasteiger partial charge in [0, 0.05) is 54.5 Å². The van der Waals surface area contributed by atoms with Crippen LogP contribution in [-0.2, 0) is 0 Å². The van der Waals surface area contributed by atoms with Gasteiger partial charge in [-0.05, 0) is 90.5 Å². The second kappa shape index (κ2) is 14.4. The Balaban J connectivity index is 1.11. The van der Waals surface area contributed by atoms with Crippen LogP contribution in [0.3, 0.4) is 0 Å². The third-order valence-electron chi connectivity index (χ3n) is 13.9. The maximum Gasteiger partial charge on any atom is 0.133 e. The van der Waals surface area contributed by atoms with Crippen molar-refractivity contribution in [1.82, 2.24) is 18.3 Å². The van der Waals surface area contributed by atoms with Gasteiger partial charge in [-0.2, -0.15) is 5.26 Å². The van der Waals surface area contributed by atoms with Crippen LogP contribution in [0.15, 0.2) is 212 Å². The molecule has 0 spiro atoms. The van der Waals surface area contributed by atoms with Gasteiger partial charge in [-0.15, -0.1) is 0 Å². The molecule has 14 aromatic rings. The molecule has 4 aromatic heterocycles. The molecule has 4 heterocycles. The van der Waals surface area contributed by atoms with E-state index in [1.807, 2.05) is 36.4 Å². The molecule has 10 aromatic carbocycles. The van der Waals surface area contributed by atoms with Crippen molar-refractivity contribution in [2.45, 2.75) is 0 Å². The first-order valence-electron chi connectivity index (χ1n) is 22.6. The van der Waals surface area contributed by atoms with Gasteiger partial charge in [-0.1, -0.05) is 127 Å². The van der Waals surface area contributed by atoms with Crippen molar-refractivity contribution in [3.05, 3.63) is 230 Å². The summed E-state index contributed by atoms with van der Waals surface area (Å²) >= 11 is 0. The quantitative estimate of drug-likeness (QED) is 0.170. The predicted molar refractivity (Wildman–Crippen MR) is 274 cm³/mol. The van der Waals surface area contributed by atoms with E-state index in [-0.39, 0.29) is 5.56 Å². The van der Waals surface area contributed by atoms with E-state index in [0.717, 1.165) is 98.6 Å². The average molecular weight is 876 g/mol. The van der Waals surface area contributed by atoms with Crippen LogP contribution >= 0.6 is 0 Å². The van der Waals surface area contributed by atoms with Gasteiger partial charge in [0.2, 0.25) is 0 Å². The first-order chi connectivity index (χ1) is 33.6. The van der Waals surface area contributed by atoms with Gasteiger partial charge in [-0.3, -0.25) is 0 Å². The van der Waals surface area contributed by atoms with Gasteiger partial charge in [0.05, 0.1) is 61.1 Å². The fraction of sp³-hybridized carbons (Fsp3) is 0. The molecule has 68 heavy (non-hydrogen) atoms. The number of para-hydroxylation sites is 6. The molecule has 0 saturated carbocycles. The molecule has 5 nitrogen and oxygen atoms in total. The summed E-state index contributed by atoms with van der Waals surface area (Å²) in [6.45, 7) is 0. The standard InChI is InChI=1S/C61H35F2N5/c62-49-20-13-21-50(63)61(49)37-32-57(67-55-26-11-5-18-44(55)46-30-28-38(34-59(46)67)65-51-22-7-1-14-40(51)41-15-2-8-23-52(41)65)48(36-64)58(33-37)68-56-27-12-6-19-45(56)47-31-29-39(35-60(47)68)66-53-24-9-3-16-42(53)43-17-4-10-25-54(43)66/h1-35H. The van der Waals surface area contributed by atoms with Gasteiger partial charge in [0.1, 0.15) is 23.3 Å². The number of hydrogen-bond donors (Lipinski definition) is 0. The summed E-state index contributed by atoms with van der Waals surface area (Å²) in [5.74, 6) is -1.39. The zero-order valence-electron chi connectivity index (χ0n) is 36.2. The zero-order chi connectivity index (χ0) is 45.2. The van der Waals surface area contributed by atoms with E-state index in [1.54, 1.807) is 12.1 Å². The molecule has 0 N–H and O–H groups in total.